The number of nitrogens with zero attached hydrogens (tertiary/aromatic N) is 2. The minimum Gasteiger partial charge on any atom is -0.461 e. The van der Waals surface area contributed by atoms with E-state index in [0.29, 0.717) is 0 Å². The van der Waals surface area contributed by atoms with Crippen LogP contribution in [0, 0.1) is 28.6 Å². The van der Waals surface area contributed by atoms with Crippen LogP contribution in [0.3, 0.4) is 0 Å². The lowest BCUT2D eigenvalue weighted by Gasteiger charge is -2.16. The predicted octanol–water partition coefficient (Wildman–Crippen LogP) is 3.30. The third kappa shape index (κ3) is 2.93. The van der Waals surface area contributed by atoms with E-state index in [0.717, 1.165) is 5.56 Å². The molecule has 2 aromatic rings. The molecule has 1 aromatic heterocycles. The molecule has 0 aliphatic rings. The normalized spacial score (nSPS) is 11.6. The molecule has 0 saturated carbocycles. The smallest absolute Gasteiger partial charge is 0.198 e. The van der Waals surface area contributed by atoms with Crippen molar-refractivity contribution >= 4 is 5.78 Å². The molecule has 0 aliphatic carbocycles. The first-order valence-electron chi connectivity index (χ1n) is 6.17. The molecule has 1 aromatic carbocycles. The molecule has 1 unspecified atom stereocenters. The Hall–Kier alpha value is -2.85. The molecule has 98 valence electrons. The van der Waals surface area contributed by atoms with E-state index in [1.165, 1.54) is 6.26 Å². The van der Waals surface area contributed by atoms with Gasteiger partial charge in [-0.3, -0.25) is 4.79 Å². The lowest BCUT2D eigenvalue weighted by molar-refractivity contribution is 0.0943. The van der Waals surface area contributed by atoms with Crippen LogP contribution >= 0.6 is 0 Å². The number of benzene rings is 1. The Balaban J connectivity index is 2.27. The summed E-state index contributed by atoms with van der Waals surface area (Å²) < 4.78 is 5.06. The van der Waals surface area contributed by atoms with Crippen LogP contribution in [0.1, 0.15) is 28.5 Å². The van der Waals surface area contributed by atoms with Gasteiger partial charge < -0.3 is 4.42 Å². The first-order chi connectivity index (χ1) is 9.76. The van der Waals surface area contributed by atoms with Crippen molar-refractivity contribution in [3.05, 3.63) is 60.1 Å². The molecule has 0 bridgehead atoms. The van der Waals surface area contributed by atoms with Crippen LogP contribution in [0.25, 0.3) is 0 Å². The Morgan fingerprint density at radius 2 is 1.80 bits per heavy atom. The summed E-state index contributed by atoms with van der Waals surface area (Å²) in [7, 11) is 0. The molecule has 20 heavy (non-hydrogen) atoms. The van der Waals surface area contributed by atoms with Gasteiger partial charge in [-0.05, 0) is 17.7 Å². The Bertz CT molecular complexity index is 634. The first kappa shape index (κ1) is 13.6. The van der Waals surface area contributed by atoms with Crippen LogP contribution < -0.4 is 0 Å². The van der Waals surface area contributed by atoms with Gasteiger partial charge in [-0.1, -0.05) is 30.3 Å². The Morgan fingerprint density at radius 1 is 1.10 bits per heavy atom. The minimum atomic E-state index is -0.865. The maximum Gasteiger partial charge on any atom is 0.198 e. The fourth-order valence-corrected chi connectivity index (χ4v) is 2.07. The molecule has 0 amide bonds. The average molecular weight is 264 g/mol. The van der Waals surface area contributed by atoms with Gasteiger partial charge in [-0.25, -0.2) is 0 Å². The summed E-state index contributed by atoms with van der Waals surface area (Å²) in [6.07, 6.45) is 1.50. The molecular weight excluding hydrogens is 252 g/mol. The summed E-state index contributed by atoms with van der Waals surface area (Å²) in [4.78, 5) is 12.1. The number of carbonyl (C=O) groups excluding carboxylic acids is 1. The molecule has 0 fully saturated rings. The Morgan fingerprint density at radius 3 is 2.35 bits per heavy atom. The van der Waals surface area contributed by atoms with Gasteiger partial charge in [0.1, 0.15) is 5.92 Å². The SMILES string of the molecule is N#CC(C#N)C(CC(=O)c1ccco1)c1ccccc1. The van der Waals surface area contributed by atoms with Crippen molar-refractivity contribution in [3.63, 3.8) is 0 Å². The van der Waals surface area contributed by atoms with Gasteiger partial charge in [0.25, 0.3) is 0 Å². The van der Waals surface area contributed by atoms with E-state index >= 15 is 0 Å². The molecule has 4 heteroatoms. The molecule has 0 radical (unpaired) electrons. The zero-order valence-corrected chi connectivity index (χ0v) is 10.7. The summed E-state index contributed by atoms with van der Waals surface area (Å²) >= 11 is 0. The van der Waals surface area contributed by atoms with E-state index in [1.807, 2.05) is 42.5 Å². The van der Waals surface area contributed by atoms with Crippen LogP contribution in [0.5, 0.6) is 0 Å². The van der Waals surface area contributed by atoms with Crippen molar-refractivity contribution < 1.29 is 9.21 Å². The highest BCUT2D eigenvalue weighted by Gasteiger charge is 2.26. The molecule has 4 nitrogen and oxygen atoms in total. The van der Waals surface area contributed by atoms with Crippen LogP contribution in [-0.4, -0.2) is 5.78 Å². The maximum absolute atomic E-state index is 12.1. The summed E-state index contributed by atoms with van der Waals surface area (Å²) in [5, 5.41) is 18.2. The zero-order chi connectivity index (χ0) is 14.4. The number of carbonyl (C=O) groups is 1. The minimum absolute atomic E-state index is 0.0727. The number of furan rings is 1. The predicted molar refractivity (Wildman–Crippen MR) is 71.6 cm³/mol. The summed E-state index contributed by atoms with van der Waals surface area (Å²) in [5.74, 6) is -1.28. The van der Waals surface area contributed by atoms with E-state index < -0.39 is 11.8 Å². The molecule has 0 spiro atoms. The van der Waals surface area contributed by atoms with Crippen molar-refractivity contribution in [2.24, 2.45) is 5.92 Å². The van der Waals surface area contributed by atoms with Crippen molar-refractivity contribution in [3.8, 4) is 12.1 Å². The molecule has 1 heterocycles. The number of hydrogen-bond donors (Lipinski definition) is 0. The highest BCUT2D eigenvalue weighted by molar-refractivity contribution is 5.94. The van der Waals surface area contributed by atoms with Crippen molar-refractivity contribution in [2.75, 3.05) is 0 Å². The van der Waals surface area contributed by atoms with Gasteiger partial charge in [0.05, 0.1) is 18.4 Å². The van der Waals surface area contributed by atoms with Crippen LogP contribution in [0.4, 0.5) is 0 Å². The van der Waals surface area contributed by atoms with Gasteiger partial charge in [0.2, 0.25) is 0 Å². The lowest BCUT2D eigenvalue weighted by atomic mass is 9.83. The molecule has 0 aliphatic heterocycles. The maximum atomic E-state index is 12.1. The highest BCUT2D eigenvalue weighted by Crippen LogP contribution is 2.29. The fraction of sp³-hybridized carbons (Fsp3) is 0.188. The van der Waals surface area contributed by atoms with E-state index in [4.69, 9.17) is 14.9 Å². The van der Waals surface area contributed by atoms with E-state index in [-0.39, 0.29) is 18.0 Å². The van der Waals surface area contributed by atoms with Gasteiger partial charge >= 0.3 is 0 Å². The molecule has 0 saturated heterocycles. The van der Waals surface area contributed by atoms with E-state index in [2.05, 4.69) is 0 Å². The fourth-order valence-electron chi connectivity index (χ4n) is 2.07. The Labute approximate surface area is 116 Å². The average Bonchev–Trinajstić information content (AvgIpc) is 3.02. The quantitative estimate of drug-likeness (QED) is 0.776. The monoisotopic (exact) mass is 264 g/mol. The summed E-state index contributed by atoms with van der Waals surface area (Å²) in [6.45, 7) is 0. The lowest BCUT2D eigenvalue weighted by Crippen LogP contribution is -2.14. The standard InChI is InChI=1S/C16H12N2O2/c17-10-13(11-18)14(12-5-2-1-3-6-12)9-15(19)16-7-4-8-20-16/h1-8,13-14H,9H2. The van der Waals surface area contributed by atoms with Gasteiger partial charge in [-0.2, -0.15) is 10.5 Å². The van der Waals surface area contributed by atoms with Gasteiger partial charge in [0, 0.05) is 12.3 Å². The van der Waals surface area contributed by atoms with Crippen LogP contribution in [0.2, 0.25) is 0 Å². The van der Waals surface area contributed by atoms with Gasteiger partial charge in [-0.15, -0.1) is 0 Å². The second kappa shape index (κ2) is 6.36. The second-order valence-corrected chi connectivity index (χ2v) is 4.36. The largest absolute Gasteiger partial charge is 0.461 e. The van der Waals surface area contributed by atoms with Crippen molar-refractivity contribution in [2.45, 2.75) is 12.3 Å². The van der Waals surface area contributed by atoms with Crippen molar-refractivity contribution in [1.82, 2.24) is 0 Å². The van der Waals surface area contributed by atoms with Crippen LogP contribution in [0.15, 0.2) is 53.1 Å². The highest BCUT2D eigenvalue weighted by atomic mass is 16.3. The second-order valence-electron chi connectivity index (χ2n) is 4.36. The number of hydrogen-bond acceptors (Lipinski definition) is 4. The van der Waals surface area contributed by atoms with Gasteiger partial charge in [0.15, 0.2) is 11.5 Å². The van der Waals surface area contributed by atoms with Crippen LogP contribution in [-0.2, 0) is 0 Å². The summed E-state index contributed by atoms with van der Waals surface area (Å²) in [5.41, 5.74) is 0.806. The topological polar surface area (TPSA) is 77.8 Å². The number of nitriles is 2. The first-order valence-corrected chi connectivity index (χ1v) is 6.17. The molecular formula is C16H12N2O2. The molecule has 1 atom stereocenters. The van der Waals surface area contributed by atoms with E-state index in [9.17, 15) is 4.79 Å². The number of rotatable bonds is 5. The third-order valence-corrected chi connectivity index (χ3v) is 3.11. The van der Waals surface area contributed by atoms with Crippen molar-refractivity contribution in [1.29, 1.82) is 10.5 Å². The molecule has 2 rings (SSSR count). The zero-order valence-electron chi connectivity index (χ0n) is 10.7. The number of Topliss-reactive ketones (excluding diaryl/α,β-unsaturated/α-hetero) is 1. The summed E-state index contributed by atoms with van der Waals surface area (Å²) in [6, 6.07) is 16.3. The van der Waals surface area contributed by atoms with E-state index in [1.54, 1.807) is 12.1 Å². The molecule has 0 N–H and O–H groups in total. The number of ketones is 1. The Kier molecular flexibility index (Phi) is 4.32. The third-order valence-electron chi connectivity index (χ3n) is 3.11.